The van der Waals surface area contributed by atoms with Crippen LogP contribution in [-0.4, -0.2) is 19.8 Å². The Kier molecular flexibility index (Phi) is 5.09. The molecule has 0 radical (unpaired) electrons. The fourth-order valence-electron chi connectivity index (χ4n) is 1.85. The second kappa shape index (κ2) is 6.17. The minimum absolute atomic E-state index is 0.306. The van der Waals surface area contributed by atoms with E-state index in [-0.39, 0.29) is 0 Å². The van der Waals surface area contributed by atoms with Crippen molar-refractivity contribution in [3.8, 4) is 0 Å². The summed E-state index contributed by atoms with van der Waals surface area (Å²) in [5.74, 6) is 0. The lowest BCUT2D eigenvalue weighted by Crippen LogP contribution is -2.15. The lowest BCUT2D eigenvalue weighted by Gasteiger charge is -2.05. The van der Waals surface area contributed by atoms with Gasteiger partial charge in [0.05, 0.1) is 0 Å². The molecule has 0 aliphatic heterocycles. The van der Waals surface area contributed by atoms with E-state index in [0.717, 1.165) is 19.4 Å². The van der Waals surface area contributed by atoms with E-state index in [9.17, 15) is 0 Å². The summed E-state index contributed by atoms with van der Waals surface area (Å²) in [7, 11) is 1.76. The number of nitrogens with two attached hydrogens (primary N) is 1. The van der Waals surface area contributed by atoms with E-state index >= 15 is 0 Å². The van der Waals surface area contributed by atoms with Crippen molar-refractivity contribution in [3.63, 3.8) is 0 Å². The maximum absolute atomic E-state index is 5.92. The highest BCUT2D eigenvalue weighted by Crippen LogP contribution is 2.20. The van der Waals surface area contributed by atoms with E-state index in [1.54, 1.807) is 12.7 Å². The van der Waals surface area contributed by atoms with Crippen LogP contribution in [0.5, 0.6) is 0 Å². The van der Waals surface area contributed by atoms with Gasteiger partial charge in [-0.15, -0.1) is 0 Å². The summed E-state index contributed by atoms with van der Waals surface area (Å²) in [4.78, 5) is 0. The molecule has 1 rings (SSSR count). The predicted octanol–water partition coefficient (Wildman–Crippen LogP) is 2.24. The van der Waals surface area contributed by atoms with Gasteiger partial charge in [0.25, 0.3) is 0 Å². The molecule has 0 amide bonds. The van der Waals surface area contributed by atoms with E-state index in [0.29, 0.717) is 6.04 Å². The standard InChI is InChI=1S/C11H21NO/c1-13-8-4-6-10-5-2-3-7-11(12)9-10/h9,11H,2-8,12H2,1H3. The first kappa shape index (κ1) is 10.7. The van der Waals surface area contributed by atoms with Gasteiger partial charge in [-0.25, -0.2) is 0 Å². The van der Waals surface area contributed by atoms with Gasteiger partial charge < -0.3 is 10.5 Å². The highest BCUT2D eigenvalue weighted by atomic mass is 16.5. The van der Waals surface area contributed by atoms with Gasteiger partial charge in [-0.1, -0.05) is 18.1 Å². The summed E-state index contributed by atoms with van der Waals surface area (Å²) in [6, 6.07) is 0.306. The van der Waals surface area contributed by atoms with Crippen LogP contribution in [0.15, 0.2) is 11.6 Å². The van der Waals surface area contributed by atoms with Gasteiger partial charge in [0.2, 0.25) is 0 Å². The Morgan fingerprint density at radius 1 is 1.54 bits per heavy atom. The molecule has 2 heteroatoms. The van der Waals surface area contributed by atoms with E-state index in [2.05, 4.69) is 6.08 Å². The van der Waals surface area contributed by atoms with Crippen LogP contribution >= 0.6 is 0 Å². The Labute approximate surface area is 81.1 Å². The number of hydrogen-bond donors (Lipinski definition) is 1. The summed E-state index contributed by atoms with van der Waals surface area (Å²) in [5, 5.41) is 0. The maximum atomic E-state index is 5.92. The molecular weight excluding hydrogens is 162 g/mol. The van der Waals surface area contributed by atoms with Crippen molar-refractivity contribution in [3.05, 3.63) is 11.6 Å². The van der Waals surface area contributed by atoms with Gasteiger partial charge in [-0.2, -0.15) is 0 Å². The molecule has 0 aromatic rings. The first-order valence-corrected chi connectivity index (χ1v) is 5.27. The second-order valence-electron chi connectivity index (χ2n) is 3.83. The summed E-state index contributed by atoms with van der Waals surface area (Å²) in [6.07, 6.45) is 9.57. The van der Waals surface area contributed by atoms with Crippen LogP contribution in [0.4, 0.5) is 0 Å². The van der Waals surface area contributed by atoms with Crippen molar-refractivity contribution in [2.24, 2.45) is 5.73 Å². The van der Waals surface area contributed by atoms with E-state index in [1.807, 2.05) is 0 Å². The zero-order valence-corrected chi connectivity index (χ0v) is 8.59. The lowest BCUT2D eigenvalue weighted by molar-refractivity contribution is 0.195. The Morgan fingerprint density at radius 3 is 3.15 bits per heavy atom. The summed E-state index contributed by atoms with van der Waals surface area (Å²) >= 11 is 0. The van der Waals surface area contributed by atoms with Gasteiger partial charge in [0.1, 0.15) is 0 Å². The number of ether oxygens (including phenoxy) is 1. The molecule has 2 nitrogen and oxygen atoms in total. The molecule has 0 aromatic heterocycles. The molecule has 13 heavy (non-hydrogen) atoms. The van der Waals surface area contributed by atoms with Crippen molar-refractivity contribution in [2.75, 3.05) is 13.7 Å². The first-order chi connectivity index (χ1) is 6.33. The summed E-state index contributed by atoms with van der Waals surface area (Å²) < 4.78 is 5.03. The van der Waals surface area contributed by atoms with Gasteiger partial charge in [0.15, 0.2) is 0 Å². The van der Waals surface area contributed by atoms with E-state index in [4.69, 9.17) is 10.5 Å². The molecule has 0 saturated carbocycles. The lowest BCUT2D eigenvalue weighted by atomic mass is 10.1. The molecule has 0 saturated heterocycles. The molecule has 0 aromatic carbocycles. The van der Waals surface area contributed by atoms with E-state index < -0.39 is 0 Å². The van der Waals surface area contributed by atoms with Gasteiger partial charge in [0, 0.05) is 19.8 Å². The molecule has 0 spiro atoms. The third-order valence-electron chi connectivity index (χ3n) is 2.58. The zero-order valence-electron chi connectivity index (χ0n) is 8.59. The average molecular weight is 183 g/mol. The van der Waals surface area contributed by atoms with E-state index in [1.165, 1.54) is 25.7 Å². The van der Waals surface area contributed by atoms with Crippen LogP contribution < -0.4 is 5.73 Å². The van der Waals surface area contributed by atoms with Crippen molar-refractivity contribution in [2.45, 2.75) is 44.6 Å². The van der Waals surface area contributed by atoms with Crippen LogP contribution in [0.2, 0.25) is 0 Å². The van der Waals surface area contributed by atoms with Crippen LogP contribution in [0, 0.1) is 0 Å². The third kappa shape index (κ3) is 4.44. The molecule has 0 heterocycles. The largest absolute Gasteiger partial charge is 0.385 e. The SMILES string of the molecule is COCCCC1=CC(N)CCCC1. The highest BCUT2D eigenvalue weighted by Gasteiger charge is 2.07. The minimum atomic E-state index is 0.306. The molecule has 2 N–H and O–H groups in total. The quantitative estimate of drug-likeness (QED) is 0.536. The normalized spacial score (nSPS) is 23.8. The molecule has 76 valence electrons. The summed E-state index contributed by atoms with van der Waals surface area (Å²) in [5.41, 5.74) is 7.47. The topological polar surface area (TPSA) is 35.2 Å². The fourth-order valence-corrected chi connectivity index (χ4v) is 1.85. The van der Waals surface area contributed by atoms with Crippen LogP contribution in [-0.2, 0) is 4.74 Å². The smallest absolute Gasteiger partial charge is 0.0465 e. The molecule has 1 aliphatic rings. The summed E-state index contributed by atoms with van der Waals surface area (Å²) in [6.45, 7) is 0.868. The van der Waals surface area contributed by atoms with Crippen LogP contribution in [0.25, 0.3) is 0 Å². The molecular formula is C11H21NO. The molecule has 1 aliphatic carbocycles. The number of rotatable bonds is 4. The Balaban J connectivity index is 2.28. The Morgan fingerprint density at radius 2 is 2.38 bits per heavy atom. The molecule has 1 unspecified atom stereocenters. The van der Waals surface area contributed by atoms with Crippen molar-refractivity contribution in [1.29, 1.82) is 0 Å². The fraction of sp³-hybridized carbons (Fsp3) is 0.818. The van der Waals surface area contributed by atoms with Crippen molar-refractivity contribution in [1.82, 2.24) is 0 Å². The predicted molar refractivity (Wildman–Crippen MR) is 55.6 cm³/mol. The third-order valence-corrected chi connectivity index (χ3v) is 2.58. The first-order valence-electron chi connectivity index (χ1n) is 5.27. The van der Waals surface area contributed by atoms with Gasteiger partial charge >= 0.3 is 0 Å². The van der Waals surface area contributed by atoms with Crippen LogP contribution in [0.3, 0.4) is 0 Å². The zero-order chi connectivity index (χ0) is 9.52. The Bertz CT molecular complexity index is 165. The molecule has 1 atom stereocenters. The second-order valence-corrected chi connectivity index (χ2v) is 3.83. The average Bonchev–Trinajstić information content (AvgIpc) is 2.31. The maximum Gasteiger partial charge on any atom is 0.0465 e. The highest BCUT2D eigenvalue weighted by molar-refractivity contribution is 5.08. The number of methoxy groups -OCH3 is 1. The van der Waals surface area contributed by atoms with Gasteiger partial charge in [-0.3, -0.25) is 0 Å². The van der Waals surface area contributed by atoms with Crippen LogP contribution in [0.1, 0.15) is 38.5 Å². The molecule has 0 bridgehead atoms. The Hall–Kier alpha value is -0.340. The van der Waals surface area contributed by atoms with Crippen molar-refractivity contribution >= 4 is 0 Å². The minimum Gasteiger partial charge on any atom is -0.385 e. The van der Waals surface area contributed by atoms with Crippen molar-refractivity contribution < 1.29 is 4.74 Å². The molecule has 0 fully saturated rings. The van der Waals surface area contributed by atoms with Gasteiger partial charge in [-0.05, 0) is 32.1 Å². The number of allylic oxidation sites excluding steroid dienone is 1. The number of hydrogen-bond acceptors (Lipinski definition) is 2. The monoisotopic (exact) mass is 183 g/mol.